The minimum absolute atomic E-state index is 0. The van der Waals surface area contributed by atoms with Crippen molar-refractivity contribution in [2.45, 2.75) is 380 Å². The Bertz CT molecular complexity index is 3270. The monoisotopic (exact) mass is 1830 g/mol. The number of hydrogen-bond donors (Lipinski definition) is 9. The lowest BCUT2D eigenvalue weighted by Crippen LogP contribution is -2.57. The van der Waals surface area contributed by atoms with Crippen LogP contribution in [0.15, 0.2) is 150 Å². The van der Waals surface area contributed by atoms with Crippen LogP contribution in [0.3, 0.4) is 0 Å². The first-order chi connectivity index (χ1) is 63.4. The second kappa shape index (κ2) is 63.4. The molecule has 11 aliphatic carbocycles. The zero-order valence-electron chi connectivity index (χ0n) is 80.0. The quantitative estimate of drug-likeness (QED) is 0.0667. The van der Waals surface area contributed by atoms with Gasteiger partial charge < -0.3 is 56.7 Å². The molecule has 14 heterocycles. The summed E-state index contributed by atoms with van der Waals surface area (Å²) in [5.41, 5.74) is 15.6. The van der Waals surface area contributed by atoms with Crippen LogP contribution >= 0.6 is 11.9 Å². The topological polar surface area (TPSA) is 139 Å². The van der Waals surface area contributed by atoms with Gasteiger partial charge in [-0.15, -0.1) is 0 Å². The van der Waals surface area contributed by atoms with Crippen molar-refractivity contribution >= 4 is 17.6 Å². The van der Waals surface area contributed by atoms with E-state index in [0.717, 1.165) is 144 Å². The average Bonchev–Trinajstić information content (AvgIpc) is 1.51. The van der Waals surface area contributed by atoms with Crippen LogP contribution in [-0.4, -0.2) is 147 Å². The number of piperazine rings is 1. The first-order valence-electron chi connectivity index (χ1n) is 53.6. The molecule has 132 heavy (non-hydrogen) atoms. The van der Waals surface area contributed by atoms with Crippen molar-refractivity contribution in [3.8, 4) is 5.75 Å². The molecule has 6 aromatic carbocycles. The Morgan fingerprint density at radius 3 is 1.20 bits per heavy atom. The van der Waals surface area contributed by atoms with E-state index in [0.29, 0.717) is 6.04 Å². The van der Waals surface area contributed by atoms with E-state index in [4.69, 9.17) is 14.2 Å². The number of aryl methyl sites for hydroxylation is 4. The van der Waals surface area contributed by atoms with E-state index < -0.39 is 0 Å². The predicted octanol–water partition coefficient (Wildman–Crippen LogP) is 25.6. The second-order valence-electron chi connectivity index (χ2n) is 41.6. The SMILES string of the molecule is C.C.C.C.C1CC2(C1)CNC2.C1CC2CC1CN2.C1CC2CCC(C1)N2.C1CC2CCC1C2.C1CC2CCC1CC2.C1CC2CCC1CN2.C1CCCCC1.C1CCNCC1.C1CCOCC1.C1CN2CCOCC2CN1.c1ccc2c(c1)CCC2.c1ccc2c(c1)CCC2.c1ccc2c(c1)CCN2.c1ccc2c(c1)CCNC2.c1ccc2c(c1)CCO2.c1ccc2c(c1)CNS2. The molecule has 14 heteroatoms. The Morgan fingerprint density at radius 2 is 0.803 bits per heavy atom. The maximum Gasteiger partial charge on any atom is 0.122 e. The van der Waals surface area contributed by atoms with Crippen molar-refractivity contribution in [1.82, 2.24) is 46.8 Å². The number of benzene rings is 6. The summed E-state index contributed by atoms with van der Waals surface area (Å²) in [7, 11) is 0. The number of rotatable bonds is 0. The highest BCUT2D eigenvalue weighted by Crippen LogP contribution is 2.45. The van der Waals surface area contributed by atoms with Gasteiger partial charge in [-0.1, -0.05) is 279 Å². The molecule has 6 aromatic rings. The highest BCUT2D eigenvalue weighted by molar-refractivity contribution is 7.97. The van der Waals surface area contributed by atoms with Crippen molar-refractivity contribution in [2.75, 3.05) is 117 Å². The third-order valence-corrected chi connectivity index (χ3v) is 33.0. The summed E-state index contributed by atoms with van der Waals surface area (Å²) in [6.07, 6.45) is 67.8. The van der Waals surface area contributed by atoms with Gasteiger partial charge >= 0.3 is 0 Å². The Morgan fingerprint density at radius 1 is 0.311 bits per heavy atom. The Kier molecular flexibility index (Phi) is 52.3. The van der Waals surface area contributed by atoms with Crippen LogP contribution in [0.2, 0.25) is 0 Å². The van der Waals surface area contributed by atoms with Gasteiger partial charge in [-0.3, -0.25) is 9.62 Å². The first kappa shape index (κ1) is 109. The lowest BCUT2D eigenvalue weighted by molar-refractivity contribution is -0.0168. The number of nitrogens with zero attached hydrogens (tertiary/aromatic N) is 1. The summed E-state index contributed by atoms with van der Waals surface area (Å²) in [6, 6.07) is 55.5. The van der Waals surface area contributed by atoms with E-state index in [1.54, 1.807) is 105 Å². The van der Waals surface area contributed by atoms with Gasteiger partial charge in [0.15, 0.2) is 0 Å². The summed E-state index contributed by atoms with van der Waals surface area (Å²) >= 11 is 1.72. The lowest BCUT2D eigenvalue weighted by Gasteiger charge is -2.49. The molecule has 5 atom stereocenters. The fourth-order valence-corrected chi connectivity index (χ4v) is 24.4. The summed E-state index contributed by atoms with van der Waals surface area (Å²) in [5.74, 6) is 7.82. The van der Waals surface area contributed by atoms with Gasteiger partial charge in [0, 0.05) is 119 Å². The number of piperidine rings is 5. The molecule has 0 amide bonds. The standard InChI is InChI=1S/C9H11N.2C9H10.C8H9N.C8H8O.C8H14.C7H14N2O.C7H7NS.2C7H13N.C7H12.2C6H11N.C6H12.C5H11N.C5H10O.4CH4/c1-2-4-9-7-10-6-5-8(9)3-1;2*1-2-5-9-7-3-6-8(9)4-1;2*1-2-4-8-7(3-1)5-6-9-8;1-2-8-5-3-7(1)4-6-8;1-2-9-3-4-10-6-7(9)5-8-1;1-2-4-7-6(3-1)5-8-9-7;1-3-7-4-2-6(1)5-8-7;1-2-6-4-5-7(3-1)8-6;1-2-7-4-3-6(1)5-7;1-2-6-3-5(1)4-7-6;1-2-6(3-1)4-7-5-6;3*1-2-4-6-5-3-1;;;;/h1-4,10H,5-7H2;2*1-2,4-5H,3,6-7H2;1-4,9H,5-6H2;1-4H,5-6H2;7-8H,1-6H2;7-8H,1-6H2;1-4,8H,5H2;2*6-8H,1-5H2;6-7H,1-5H2;5-7H,1-4H2;7H,1-5H2;1-6H2;6H,1-5H2;1-5H2;4*1H4. The molecule has 31 rings (SSSR count). The van der Waals surface area contributed by atoms with Crippen molar-refractivity contribution in [3.63, 3.8) is 0 Å². The highest BCUT2D eigenvalue weighted by Gasteiger charge is 2.42. The Hall–Kier alpha value is -5.17. The van der Waals surface area contributed by atoms with Gasteiger partial charge in [0.2, 0.25) is 0 Å². The van der Waals surface area contributed by atoms with Crippen LogP contribution in [0.1, 0.15) is 337 Å². The summed E-state index contributed by atoms with van der Waals surface area (Å²) in [4.78, 5) is 3.89. The maximum atomic E-state index is 5.36. The van der Waals surface area contributed by atoms with Gasteiger partial charge in [-0.2, -0.15) is 0 Å². The molecule has 10 saturated heterocycles. The molecular weight excluding hydrogens is 1640 g/mol. The number of nitrogens with one attached hydrogen (secondary N) is 9. The molecule has 0 radical (unpaired) electrons. The van der Waals surface area contributed by atoms with Gasteiger partial charge in [0.1, 0.15) is 5.75 Å². The smallest absolute Gasteiger partial charge is 0.122 e. The minimum Gasteiger partial charge on any atom is -0.493 e. The number of anilines is 1. The fourth-order valence-electron chi connectivity index (χ4n) is 23.6. The van der Waals surface area contributed by atoms with Gasteiger partial charge in [-0.25, -0.2) is 0 Å². The molecular formula is C118H192N10O3S. The zero-order chi connectivity index (χ0) is 87.2. The largest absolute Gasteiger partial charge is 0.493 e. The summed E-state index contributed by atoms with van der Waals surface area (Å²) in [6.45, 7) is 21.4. The lowest BCUT2D eigenvalue weighted by atomic mass is 9.65. The van der Waals surface area contributed by atoms with Crippen LogP contribution in [-0.2, 0) is 67.5 Å². The minimum atomic E-state index is 0. The molecule has 1 spiro atoms. The van der Waals surface area contributed by atoms with Crippen LogP contribution in [0, 0.1) is 40.9 Å². The van der Waals surface area contributed by atoms with Gasteiger partial charge in [0.05, 0.1) is 19.8 Å². The molecule has 10 bridgehead atoms. The fraction of sp³-hybridized carbons (Fsp3) is 0.695. The Labute approximate surface area is 812 Å². The molecule has 9 saturated carbocycles. The van der Waals surface area contributed by atoms with E-state index in [1.807, 2.05) is 18.2 Å². The number of fused-ring (bicyclic) bond motifs is 19. The third kappa shape index (κ3) is 38.5. The molecule has 19 fully saturated rings. The van der Waals surface area contributed by atoms with Gasteiger partial charge in [-0.05, 0) is 327 Å². The molecule has 9 N–H and O–H groups in total. The zero-order valence-corrected chi connectivity index (χ0v) is 80.8. The average molecular weight is 1830 g/mol. The molecule has 13 nitrogen and oxygen atoms in total. The third-order valence-electron chi connectivity index (χ3n) is 32.1. The molecule has 0 aromatic heterocycles. The van der Waals surface area contributed by atoms with E-state index in [9.17, 15) is 0 Å². The highest BCUT2D eigenvalue weighted by atomic mass is 32.2. The second-order valence-corrected chi connectivity index (χ2v) is 42.5. The van der Waals surface area contributed by atoms with E-state index in [2.05, 4.69) is 180 Å². The normalized spacial score (nSPS) is 27.5. The maximum absolute atomic E-state index is 5.36. The summed E-state index contributed by atoms with van der Waals surface area (Å²) in [5, 5.41) is 27.2. The van der Waals surface area contributed by atoms with Crippen LogP contribution in [0.4, 0.5) is 5.69 Å². The van der Waals surface area contributed by atoms with Gasteiger partial charge in [0.25, 0.3) is 0 Å². The number of ether oxygens (including phenoxy) is 3. The molecule has 738 valence electrons. The van der Waals surface area contributed by atoms with Crippen LogP contribution in [0.25, 0.3) is 0 Å². The van der Waals surface area contributed by atoms with Crippen LogP contribution < -0.4 is 52.0 Å². The van der Waals surface area contributed by atoms with Crippen molar-refractivity contribution in [2.24, 2.45) is 40.9 Å². The van der Waals surface area contributed by atoms with E-state index in [-0.39, 0.29) is 29.7 Å². The van der Waals surface area contributed by atoms with Crippen molar-refractivity contribution < 1.29 is 14.2 Å². The van der Waals surface area contributed by atoms with Crippen molar-refractivity contribution in [3.05, 3.63) is 196 Å². The van der Waals surface area contributed by atoms with E-state index >= 15 is 0 Å². The van der Waals surface area contributed by atoms with Crippen molar-refractivity contribution in [1.29, 1.82) is 0 Å². The molecule has 5 unspecified atom stereocenters. The molecule has 14 aliphatic heterocycles. The first-order valence-corrected chi connectivity index (χ1v) is 54.4. The summed E-state index contributed by atoms with van der Waals surface area (Å²) < 4.78 is 18.9. The van der Waals surface area contributed by atoms with E-state index in [1.165, 1.54) is 321 Å². The Balaban J connectivity index is 0.000000146. The number of para-hydroxylation sites is 2. The van der Waals surface area contributed by atoms with Crippen LogP contribution in [0.5, 0.6) is 5.75 Å². The number of morpholine rings is 1. The predicted molar refractivity (Wildman–Crippen MR) is 568 cm³/mol. The molecule has 25 aliphatic rings. The number of hydrogen-bond acceptors (Lipinski definition) is 14.